The van der Waals surface area contributed by atoms with Gasteiger partial charge in [-0.05, 0) is 29.8 Å². The fraction of sp³-hybridized carbons (Fsp3) is 0.167. The van der Waals surface area contributed by atoms with Gasteiger partial charge >= 0.3 is 0 Å². The summed E-state index contributed by atoms with van der Waals surface area (Å²) in [4.78, 5) is 13.3. The maximum Gasteiger partial charge on any atom is 0.141 e. The van der Waals surface area contributed by atoms with Crippen LogP contribution in [0.5, 0.6) is 0 Å². The van der Waals surface area contributed by atoms with Crippen LogP contribution in [0.15, 0.2) is 42.5 Å². The summed E-state index contributed by atoms with van der Waals surface area (Å²) in [5.74, 6) is 0. The van der Waals surface area contributed by atoms with Crippen LogP contribution in [0.4, 0.5) is 5.69 Å². The van der Waals surface area contributed by atoms with E-state index in [-0.39, 0.29) is 6.04 Å². The highest BCUT2D eigenvalue weighted by Gasteiger charge is 2.30. The molecule has 3 nitrogen and oxygen atoms in total. The van der Waals surface area contributed by atoms with Crippen molar-refractivity contribution in [1.29, 1.82) is 0 Å². The minimum atomic E-state index is -0.231. The number of nitrogens with two attached hydrogens (primary N) is 1. The zero-order chi connectivity index (χ0) is 14.8. The molecule has 0 fully saturated rings. The molecule has 0 aromatic heterocycles. The molecule has 1 aliphatic heterocycles. The van der Waals surface area contributed by atoms with Crippen LogP contribution < -0.4 is 5.73 Å². The second-order valence-corrected chi connectivity index (χ2v) is 5.38. The quantitative estimate of drug-likeness (QED) is 0.533. The van der Waals surface area contributed by atoms with Crippen molar-refractivity contribution in [3.8, 4) is 0 Å². The first-order valence-corrected chi connectivity index (χ1v) is 7.00. The monoisotopic (exact) mass is 278 g/mol. The number of anilines is 1. The molecule has 0 amide bonds. The molecular weight excluding hydrogens is 260 g/mol. The van der Waals surface area contributed by atoms with Gasteiger partial charge in [0.1, 0.15) is 6.29 Å². The molecule has 2 N–H and O–H groups in total. The molecule has 106 valence electrons. The van der Waals surface area contributed by atoms with E-state index in [1.807, 2.05) is 42.3 Å². The fourth-order valence-corrected chi connectivity index (χ4v) is 2.87. The first-order chi connectivity index (χ1) is 10.2. The van der Waals surface area contributed by atoms with Crippen molar-refractivity contribution in [2.24, 2.45) is 0 Å². The minimum absolute atomic E-state index is 0.231. The van der Waals surface area contributed by atoms with Gasteiger partial charge in [-0.15, -0.1) is 0 Å². The Kier molecular flexibility index (Phi) is 3.59. The van der Waals surface area contributed by atoms with Gasteiger partial charge in [-0.2, -0.15) is 0 Å². The number of rotatable bonds is 3. The summed E-state index contributed by atoms with van der Waals surface area (Å²) in [5.41, 5.74) is 11.2. The van der Waals surface area contributed by atoms with Crippen LogP contribution in [0.3, 0.4) is 0 Å². The normalized spacial score (nSPS) is 18.0. The van der Waals surface area contributed by atoms with Crippen LogP contribution in [0, 0.1) is 0 Å². The molecule has 2 aromatic carbocycles. The van der Waals surface area contributed by atoms with Crippen molar-refractivity contribution in [2.45, 2.75) is 12.6 Å². The summed E-state index contributed by atoms with van der Waals surface area (Å²) >= 11 is 0. The Morgan fingerprint density at radius 2 is 1.90 bits per heavy atom. The first-order valence-electron chi connectivity index (χ1n) is 7.00. The number of likely N-dealkylation sites (N-methyl/N-ethyl adjacent to an activating group) is 1. The standard InChI is InChI=1S/C18H18N2O/c1-20-11-15-14(8-7-13-5-3-2-4-6-13)9-10-16(19)18(15)17(20)12-21/h2-10,12,17H,11,19H2,1H3/b8-7+. The van der Waals surface area contributed by atoms with Crippen molar-refractivity contribution in [3.63, 3.8) is 0 Å². The van der Waals surface area contributed by atoms with Gasteiger partial charge in [-0.25, -0.2) is 0 Å². The van der Waals surface area contributed by atoms with Crippen LogP contribution in [0.2, 0.25) is 0 Å². The largest absolute Gasteiger partial charge is 0.398 e. The third kappa shape index (κ3) is 2.48. The van der Waals surface area contributed by atoms with Gasteiger partial charge in [0.05, 0.1) is 6.04 Å². The second kappa shape index (κ2) is 5.54. The summed E-state index contributed by atoms with van der Waals surface area (Å²) in [6, 6.07) is 13.8. The van der Waals surface area contributed by atoms with Gasteiger partial charge in [0.15, 0.2) is 0 Å². The zero-order valence-electron chi connectivity index (χ0n) is 12.0. The summed E-state index contributed by atoms with van der Waals surface area (Å²) < 4.78 is 0. The Morgan fingerprint density at radius 1 is 1.14 bits per heavy atom. The van der Waals surface area contributed by atoms with E-state index in [2.05, 4.69) is 24.3 Å². The maximum absolute atomic E-state index is 11.3. The number of hydrogen-bond donors (Lipinski definition) is 1. The lowest BCUT2D eigenvalue weighted by molar-refractivity contribution is -0.111. The molecule has 1 aliphatic rings. The predicted octanol–water partition coefficient (Wildman–Crippen LogP) is 3.12. The number of benzene rings is 2. The van der Waals surface area contributed by atoms with E-state index in [4.69, 9.17) is 5.73 Å². The van der Waals surface area contributed by atoms with E-state index < -0.39 is 0 Å². The Bertz CT molecular complexity index is 692. The third-order valence-corrected chi connectivity index (χ3v) is 3.99. The SMILES string of the molecule is CN1Cc2c(/C=C/c3ccccc3)ccc(N)c2C1C=O. The van der Waals surface area contributed by atoms with E-state index in [1.165, 1.54) is 0 Å². The molecule has 0 bridgehead atoms. The molecule has 2 aromatic rings. The Labute approximate surface area is 124 Å². The predicted molar refractivity (Wildman–Crippen MR) is 86.5 cm³/mol. The lowest BCUT2D eigenvalue weighted by Gasteiger charge is -2.14. The van der Waals surface area contributed by atoms with Gasteiger partial charge in [0, 0.05) is 17.8 Å². The van der Waals surface area contributed by atoms with Gasteiger partial charge in [0.25, 0.3) is 0 Å². The molecule has 0 radical (unpaired) electrons. The highest BCUT2D eigenvalue weighted by atomic mass is 16.1. The van der Waals surface area contributed by atoms with E-state index in [0.717, 1.165) is 35.1 Å². The van der Waals surface area contributed by atoms with Gasteiger partial charge < -0.3 is 10.5 Å². The molecule has 1 atom stereocenters. The summed E-state index contributed by atoms with van der Waals surface area (Å²) in [6.07, 6.45) is 5.14. The van der Waals surface area contributed by atoms with E-state index in [0.29, 0.717) is 5.69 Å². The van der Waals surface area contributed by atoms with Gasteiger partial charge in [-0.1, -0.05) is 48.6 Å². The highest BCUT2D eigenvalue weighted by molar-refractivity contribution is 5.78. The molecule has 1 heterocycles. The van der Waals surface area contributed by atoms with Crippen molar-refractivity contribution < 1.29 is 4.79 Å². The summed E-state index contributed by atoms with van der Waals surface area (Å²) in [7, 11) is 1.95. The van der Waals surface area contributed by atoms with E-state index in [1.54, 1.807) is 0 Å². The van der Waals surface area contributed by atoms with Crippen molar-refractivity contribution in [3.05, 3.63) is 64.7 Å². The Hall–Kier alpha value is -2.39. The number of aldehydes is 1. The third-order valence-electron chi connectivity index (χ3n) is 3.99. The molecule has 0 spiro atoms. The number of fused-ring (bicyclic) bond motifs is 1. The summed E-state index contributed by atoms with van der Waals surface area (Å²) in [5, 5.41) is 0. The number of nitrogens with zero attached hydrogens (tertiary/aromatic N) is 1. The lowest BCUT2D eigenvalue weighted by Crippen LogP contribution is -2.17. The number of hydrogen-bond acceptors (Lipinski definition) is 3. The van der Waals surface area contributed by atoms with Crippen LogP contribution >= 0.6 is 0 Å². The number of carbonyl (C=O) groups is 1. The molecular formula is C18H18N2O. The molecule has 3 rings (SSSR count). The molecule has 0 saturated heterocycles. The average molecular weight is 278 g/mol. The zero-order valence-corrected chi connectivity index (χ0v) is 12.0. The average Bonchev–Trinajstić information content (AvgIpc) is 2.85. The fourth-order valence-electron chi connectivity index (χ4n) is 2.87. The van der Waals surface area contributed by atoms with Crippen LogP contribution in [0.1, 0.15) is 28.3 Å². The van der Waals surface area contributed by atoms with Crippen molar-refractivity contribution >= 4 is 24.1 Å². The Balaban J connectivity index is 2.01. The van der Waals surface area contributed by atoms with E-state index >= 15 is 0 Å². The van der Waals surface area contributed by atoms with E-state index in [9.17, 15) is 4.79 Å². The number of carbonyl (C=O) groups excluding carboxylic acids is 1. The lowest BCUT2D eigenvalue weighted by atomic mass is 9.97. The van der Waals surface area contributed by atoms with Crippen LogP contribution in [0.25, 0.3) is 12.2 Å². The van der Waals surface area contributed by atoms with Gasteiger partial charge in [0.2, 0.25) is 0 Å². The van der Waals surface area contributed by atoms with Crippen molar-refractivity contribution in [2.75, 3.05) is 12.8 Å². The second-order valence-electron chi connectivity index (χ2n) is 5.38. The highest BCUT2D eigenvalue weighted by Crippen LogP contribution is 2.37. The first kappa shape index (κ1) is 13.6. The van der Waals surface area contributed by atoms with Crippen LogP contribution in [-0.4, -0.2) is 18.2 Å². The van der Waals surface area contributed by atoms with Crippen molar-refractivity contribution in [1.82, 2.24) is 4.90 Å². The topological polar surface area (TPSA) is 46.3 Å². The molecule has 0 saturated carbocycles. The smallest absolute Gasteiger partial charge is 0.141 e. The molecule has 3 heteroatoms. The maximum atomic E-state index is 11.3. The molecule has 1 unspecified atom stereocenters. The number of nitrogen functional groups attached to an aromatic ring is 1. The Morgan fingerprint density at radius 3 is 2.62 bits per heavy atom. The van der Waals surface area contributed by atoms with Gasteiger partial charge in [-0.3, -0.25) is 4.90 Å². The molecule has 0 aliphatic carbocycles. The van der Waals surface area contributed by atoms with Crippen LogP contribution in [-0.2, 0) is 11.3 Å². The minimum Gasteiger partial charge on any atom is -0.398 e. The summed E-state index contributed by atoms with van der Waals surface area (Å²) in [6.45, 7) is 0.748. The molecule has 21 heavy (non-hydrogen) atoms.